The van der Waals surface area contributed by atoms with Gasteiger partial charge < -0.3 is 5.73 Å². The topological polar surface area (TPSA) is 69.6 Å². The number of benzene rings is 1. The van der Waals surface area contributed by atoms with Gasteiger partial charge in [-0.05, 0) is 35.9 Å². The third-order valence-corrected chi connectivity index (χ3v) is 4.85. The molecule has 0 radical (unpaired) electrons. The highest BCUT2D eigenvalue weighted by molar-refractivity contribution is 7.99. The second-order valence-corrected chi connectivity index (χ2v) is 6.88. The molecular weight excluding hydrogens is 342 g/mol. The SMILES string of the molecule is Nc1ncccc1-c1cnn(Cc2ccc(Sc3ccccc3)nc2)c1. The molecule has 0 aliphatic rings. The van der Waals surface area contributed by atoms with Crippen molar-refractivity contribution in [2.75, 3.05) is 5.73 Å². The molecule has 0 bridgehead atoms. The number of hydrogen-bond donors (Lipinski definition) is 1. The van der Waals surface area contributed by atoms with Crippen molar-refractivity contribution in [2.45, 2.75) is 16.5 Å². The summed E-state index contributed by atoms with van der Waals surface area (Å²) in [7, 11) is 0. The van der Waals surface area contributed by atoms with E-state index < -0.39 is 0 Å². The molecule has 0 aliphatic carbocycles. The Morgan fingerprint density at radius 1 is 0.923 bits per heavy atom. The van der Waals surface area contributed by atoms with Gasteiger partial charge in [0.05, 0.1) is 12.7 Å². The summed E-state index contributed by atoms with van der Waals surface area (Å²) in [4.78, 5) is 9.84. The van der Waals surface area contributed by atoms with Gasteiger partial charge in [0.15, 0.2) is 0 Å². The van der Waals surface area contributed by atoms with E-state index in [-0.39, 0.29) is 0 Å². The molecule has 3 aromatic heterocycles. The van der Waals surface area contributed by atoms with Crippen molar-refractivity contribution in [3.05, 3.63) is 84.9 Å². The first-order valence-corrected chi connectivity index (χ1v) is 9.01. The fraction of sp³-hybridized carbons (Fsp3) is 0.0500. The maximum Gasteiger partial charge on any atom is 0.131 e. The van der Waals surface area contributed by atoms with Crippen LogP contribution in [0.15, 0.2) is 89.3 Å². The predicted molar refractivity (Wildman–Crippen MR) is 104 cm³/mol. The molecule has 26 heavy (non-hydrogen) atoms. The van der Waals surface area contributed by atoms with Crippen LogP contribution in [-0.4, -0.2) is 19.7 Å². The molecule has 128 valence electrons. The normalized spacial score (nSPS) is 10.8. The lowest BCUT2D eigenvalue weighted by Crippen LogP contribution is -2.00. The van der Waals surface area contributed by atoms with E-state index in [2.05, 4.69) is 33.3 Å². The Morgan fingerprint density at radius 2 is 1.81 bits per heavy atom. The van der Waals surface area contributed by atoms with Crippen molar-refractivity contribution in [1.82, 2.24) is 19.7 Å². The molecule has 0 atom stereocenters. The number of nitrogens with zero attached hydrogens (tertiary/aromatic N) is 4. The highest BCUT2D eigenvalue weighted by atomic mass is 32.2. The number of rotatable bonds is 5. The molecule has 0 saturated carbocycles. The molecule has 2 N–H and O–H groups in total. The van der Waals surface area contributed by atoms with E-state index in [0.717, 1.165) is 21.7 Å². The van der Waals surface area contributed by atoms with E-state index >= 15 is 0 Å². The van der Waals surface area contributed by atoms with Crippen LogP contribution in [0.1, 0.15) is 5.56 Å². The number of pyridine rings is 2. The van der Waals surface area contributed by atoms with Crippen LogP contribution in [-0.2, 0) is 6.54 Å². The van der Waals surface area contributed by atoms with Gasteiger partial charge in [-0.15, -0.1) is 0 Å². The third kappa shape index (κ3) is 3.75. The van der Waals surface area contributed by atoms with Crippen molar-refractivity contribution < 1.29 is 0 Å². The van der Waals surface area contributed by atoms with Gasteiger partial charge >= 0.3 is 0 Å². The third-order valence-electron chi connectivity index (χ3n) is 3.89. The van der Waals surface area contributed by atoms with E-state index in [1.165, 1.54) is 4.90 Å². The van der Waals surface area contributed by atoms with Crippen LogP contribution in [0.4, 0.5) is 5.82 Å². The van der Waals surface area contributed by atoms with Crippen LogP contribution >= 0.6 is 11.8 Å². The van der Waals surface area contributed by atoms with Gasteiger partial charge in [-0.25, -0.2) is 9.97 Å². The molecule has 0 saturated heterocycles. The quantitative estimate of drug-likeness (QED) is 0.580. The average Bonchev–Trinajstić information content (AvgIpc) is 3.13. The van der Waals surface area contributed by atoms with E-state index in [0.29, 0.717) is 12.4 Å². The summed E-state index contributed by atoms with van der Waals surface area (Å²) in [6, 6.07) is 18.2. The van der Waals surface area contributed by atoms with Gasteiger partial charge in [-0.3, -0.25) is 4.68 Å². The summed E-state index contributed by atoms with van der Waals surface area (Å²) in [5.41, 5.74) is 8.88. The van der Waals surface area contributed by atoms with Crippen LogP contribution in [0, 0.1) is 0 Å². The van der Waals surface area contributed by atoms with E-state index in [1.54, 1.807) is 24.2 Å². The molecule has 0 spiro atoms. The molecule has 0 fully saturated rings. The number of hydrogen-bond acceptors (Lipinski definition) is 5. The Morgan fingerprint density at radius 3 is 2.58 bits per heavy atom. The van der Waals surface area contributed by atoms with E-state index in [4.69, 9.17) is 5.73 Å². The molecule has 5 nitrogen and oxygen atoms in total. The first kappa shape index (κ1) is 16.4. The Labute approximate surface area is 155 Å². The maximum absolute atomic E-state index is 5.93. The summed E-state index contributed by atoms with van der Waals surface area (Å²) < 4.78 is 1.88. The van der Waals surface area contributed by atoms with Crippen molar-refractivity contribution in [3.8, 4) is 11.1 Å². The van der Waals surface area contributed by atoms with Gasteiger partial charge in [-0.2, -0.15) is 5.10 Å². The minimum atomic E-state index is 0.510. The number of aromatic nitrogens is 4. The highest BCUT2D eigenvalue weighted by Crippen LogP contribution is 2.26. The molecule has 4 aromatic rings. The highest BCUT2D eigenvalue weighted by Gasteiger charge is 2.07. The number of nitrogen functional groups attached to an aromatic ring is 1. The lowest BCUT2D eigenvalue weighted by molar-refractivity contribution is 0.683. The molecule has 0 unspecified atom stereocenters. The molecule has 0 amide bonds. The fourth-order valence-electron chi connectivity index (χ4n) is 2.61. The minimum Gasteiger partial charge on any atom is -0.383 e. The zero-order valence-electron chi connectivity index (χ0n) is 14.0. The van der Waals surface area contributed by atoms with Crippen molar-refractivity contribution in [1.29, 1.82) is 0 Å². The van der Waals surface area contributed by atoms with Gasteiger partial charge in [0, 0.05) is 34.6 Å². The van der Waals surface area contributed by atoms with Crippen LogP contribution in [0.3, 0.4) is 0 Å². The molecule has 6 heteroatoms. The molecule has 1 aromatic carbocycles. The summed E-state index contributed by atoms with van der Waals surface area (Å²) in [6.07, 6.45) is 7.36. The largest absolute Gasteiger partial charge is 0.383 e. The van der Waals surface area contributed by atoms with Crippen LogP contribution in [0.5, 0.6) is 0 Å². The Balaban J connectivity index is 1.46. The standard InChI is InChI=1S/C20H17N5S/c21-20-18(7-4-10-22-20)16-12-24-25(14-16)13-15-8-9-19(23-11-15)26-17-5-2-1-3-6-17/h1-12,14H,13H2,(H2,21,22). The van der Waals surface area contributed by atoms with Crippen molar-refractivity contribution in [3.63, 3.8) is 0 Å². The summed E-state index contributed by atoms with van der Waals surface area (Å²) in [5.74, 6) is 0.510. The number of anilines is 1. The molecule has 4 rings (SSSR count). The van der Waals surface area contributed by atoms with Crippen LogP contribution < -0.4 is 5.73 Å². The van der Waals surface area contributed by atoms with Gasteiger partial charge in [0.1, 0.15) is 10.8 Å². The Bertz CT molecular complexity index is 996. The zero-order chi connectivity index (χ0) is 17.8. The van der Waals surface area contributed by atoms with Crippen molar-refractivity contribution >= 4 is 17.6 Å². The van der Waals surface area contributed by atoms with Crippen LogP contribution in [0.2, 0.25) is 0 Å². The summed E-state index contributed by atoms with van der Waals surface area (Å²) >= 11 is 1.65. The Hall–Kier alpha value is -3.12. The minimum absolute atomic E-state index is 0.510. The lowest BCUT2D eigenvalue weighted by atomic mass is 10.1. The zero-order valence-corrected chi connectivity index (χ0v) is 14.8. The molecule has 0 aliphatic heterocycles. The predicted octanol–water partition coefficient (Wildman–Crippen LogP) is 4.12. The monoisotopic (exact) mass is 359 g/mol. The maximum atomic E-state index is 5.93. The van der Waals surface area contributed by atoms with Crippen LogP contribution in [0.25, 0.3) is 11.1 Å². The van der Waals surface area contributed by atoms with Gasteiger partial charge in [0.25, 0.3) is 0 Å². The first-order chi connectivity index (χ1) is 12.8. The lowest BCUT2D eigenvalue weighted by Gasteiger charge is -2.04. The number of nitrogens with two attached hydrogens (primary N) is 1. The van der Waals surface area contributed by atoms with E-state index in [9.17, 15) is 0 Å². The van der Waals surface area contributed by atoms with Gasteiger partial charge in [0.2, 0.25) is 0 Å². The second-order valence-electron chi connectivity index (χ2n) is 5.78. The second kappa shape index (κ2) is 7.41. The Kier molecular flexibility index (Phi) is 4.66. The van der Waals surface area contributed by atoms with Crippen molar-refractivity contribution in [2.24, 2.45) is 0 Å². The smallest absolute Gasteiger partial charge is 0.131 e. The first-order valence-electron chi connectivity index (χ1n) is 8.19. The summed E-state index contributed by atoms with van der Waals surface area (Å²) in [5, 5.41) is 5.40. The summed E-state index contributed by atoms with van der Waals surface area (Å²) in [6.45, 7) is 0.656. The average molecular weight is 359 g/mol. The molecular formula is C20H17N5S. The molecule has 3 heterocycles. The van der Waals surface area contributed by atoms with E-state index in [1.807, 2.05) is 53.5 Å². The van der Waals surface area contributed by atoms with Gasteiger partial charge in [-0.1, -0.05) is 36.0 Å². The fourth-order valence-corrected chi connectivity index (χ4v) is 3.39.